The third kappa shape index (κ3) is 5.95. The van der Waals surface area contributed by atoms with E-state index in [4.69, 9.17) is 37.4 Å². The number of hydrogen-bond acceptors (Lipinski definition) is 5. The Morgan fingerprint density at radius 3 is 2.32 bits per heavy atom. The van der Waals surface area contributed by atoms with Crippen molar-refractivity contribution >= 4 is 35.0 Å². The number of rotatable bonds is 7. The lowest BCUT2D eigenvalue weighted by molar-refractivity contribution is -0.124. The van der Waals surface area contributed by atoms with E-state index in [1.165, 1.54) is 7.11 Å². The van der Waals surface area contributed by atoms with Gasteiger partial charge >= 0.3 is 0 Å². The molecule has 0 atom stereocenters. The molecule has 2 aromatic rings. The number of carbonyl (C=O) groups is 2. The highest BCUT2D eigenvalue weighted by Gasteiger charge is 2.25. The van der Waals surface area contributed by atoms with Gasteiger partial charge in [-0.15, -0.1) is 0 Å². The lowest BCUT2D eigenvalue weighted by Gasteiger charge is -2.32. The quantitative estimate of drug-likeness (QED) is 0.670. The second-order valence-electron chi connectivity index (χ2n) is 7.07. The zero-order chi connectivity index (χ0) is 22.4. The number of methoxy groups -OCH3 is 2. The number of amides is 2. The molecule has 2 aromatic carbocycles. The third-order valence-electron chi connectivity index (χ3n) is 5.03. The van der Waals surface area contributed by atoms with Gasteiger partial charge in [-0.3, -0.25) is 9.59 Å². The van der Waals surface area contributed by atoms with E-state index in [9.17, 15) is 9.59 Å². The van der Waals surface area contributed by atoms with Crippen LogP contribution in [0.1, 0.15) is 23.2 Å². The smallest absolute Gasteiger partial charge is 0.258 e. The Kier molecular flexibility index (Phi) is 7.87. The number of nitrogens with zero attached hydrogens (tertiary/aromatic N) is 1. The topological polar surface area (TPSA) is 77.1 Å². The molecule has 2 amide bonds. The highest BCUT2D eigenvalue weighted by atomic mass is 35.5. The first-order valence-corrected chi connectivity index (χ1v) is 10.6. The van der Waals surface area contributed by atoms with Gasteiger partial charge in [-0.1, -0.05) is 23.2 Å². The number of likely N-dealkylation sites (tertiary alicyclic amines) is 1. The third-order valence-corrected chi connectivity index (χ3v) is 5.56. The summed E-state index contributed by atoms with van der Waals surface area (Å²) in [6, 6.07) is 9.91. The van der Waals surface area contributed by atoms with Gasteiger partial charge in [0, 0.05) is 29.7 Å². The van der Waals surface area contributed by atoms with Crippen molar-refractivity contribution in [1.82, 2.24) is 10.2 Å². The van der Waals surface area contributed by atoms with Crippen LogP contribution in [0.15, 0.2) is 36.4 Å². The first kappa shape index (κ1) is 23.0. The highest BCUT2D eigenvalue weighted by molar-refractivity contribution is 6.35. The molecule has 1 fully saturated rings. The molecule has 0 spiro atoms. The number of carbonyl (C=O) groups excluding carboxylic acids is 2. The normalized spacial score (nSPS) is 14.1. The van der Waals surface area contributed by atoms with Crippen molar-refractivity contribution in [3.05, 3.63) is 52.0 Å². The summed E-state index contributed by atoms with van der Waals surface area (Å²) in [4.78, 5) is 26.8. The molecule has 3 rings (SSSR count). The number of piperidine rings is 1. The predicted octanol–water partition coefficient (Wildman–Crippen LogP) is 3.81. The van der Waals surface area contributed by atoms with Gasteiger partial charge in [0.15, 0.2) is 18.1 Å². The van der Waals surface area contributed by atoms with Crippen LogP contribution >= 0.6 is 23.2 Å². The summed E-state index contributed by atoms with van der Waals surface area (Å²) in [6.07, 6.45) is 1.32. The van der Waals surface area contributed by atoms with Gasteiger partial charge in [0.25, 0.3) is 11.8 Å². The van der Waals surface area contributed by atoms with Crippen molar-refractivity contribution < 1.29 is 23.8 Å². The van der Waals surface area contributed by atoms with E-state index in [1.54, 1.807) is 48.4 Å². The molecule has 1 aliphatic rings. The van der Waals surface area contributed by atoms with Gasteiger partial charge < -0.3 is 24.4 Å². The first-order valence-electron chi connectivity index (χ1n) is 9.79. The lowest BCUT2D eigenvalue weighted by atomic mass is 10.0. The zero-order valence-corrected chi connectivity index (χ0v) is 18.8. The Bertz CT molecular complexity index is 945. The molecular formula is C22H24Cl2N2O5. The van der Waals surface area contributed by atoms with Gasteiger partial charge in [0.1, 0.15) is 5.75 Å². The van der Waals surface area contributed by atoms with Crippen LogP contribution < -0.4 is 19.5 Å². The van der Waals surface area contributed by atoms with Crippen LogP contribution in [-0.4, -0.2) is 56.7 Å². The summed E-state index contributed by atoms with van der Waals surface area (Å²) in [6.45, 7) is 0.941. The average molecular weight is 467 g/mol. The molecule has 0 unspecified atom stereocenters. The van der Waals surface area contributed by atoms with Crippen molar-refractivity contribution in [2.45, 2.75) is 18.9 Å². The van der Waals surface area contributed by atoms with Gasteiger partial charge in [-0.2, -0.15) is 0 Å². The molecule has 0 aromatic heterocycles. The molecular weight excluding hydrogens is 443 g/mol. The molecule has 0 aliphatic carbocycles. The SMILES string of the molecule is COc1ccc(C(=O)N2CCC(NC(=O)COc3ccc(Cl)cc3Cl)CC2)cc1OC. The average Bonchev–Trinajstić information content (AvgIpc) is 2.78. The molecule has 0 bridgehead atoms. The first-order chi connectivity index (χ1) is 14.9. The maximum atomic E-state index is 12.8. The fourth-order valence-corrected chi connectivity index (χ4v) is 3.85. The summed E-state index contributed by atoms with van der Waals surface area (Å²) < 4.78 is 16.0. The molecule has 31 heavy (non-hydrogen) atoms. The van der Waals surface area contributed by atoms with Gasteiger partial charge in [-0.05, 0) is 49.2 Å². The molecule has 1 N–H and O–H groups in total. The van der Waals surface area contributed by atoms with E-state index in [2.05, 4.69) is 5.32 Å². The zero-order valence-electron chi connectivity index (χ0n) is 17.3. The Morgan fingerprint density at radius 1 is 1.00 bits per heavy atom. The fourth-order valence-electron chi connectivity index (χ4n) is 3.38. The summed E-state index contributed by atoms with van der Waals surface area (Å²) in [5.74, 6) is 1.16. The monoisotopic (exact) mass is 466 g/mol. The molecule has 1 heterocycles. The van der Waals surface area contributed by atoms with Gasteiger partial charge in [-0.25, -0.2) is 0 Å². The van der Waals surface area contributed by atoms with Crippen molar-refractivity contribution in [2.24, 2.45) is 0 Å². The van der Waals surface area contributed by atoms with E-state index in [0.717, 1.165) is 0 Å². The maximum Gasteiger partial charge on any atom is 0.258 e. The van der Waals surface area contributed by atoms with Crippen LogP contribution in [0.5, 0.6) is 17.2 Å². The highest BCUT2D eigenvalue weighted by Crippen LogP contribution is 2.29. The minimum Gasteiger partial charge on any atom is -0.493 e. The Hall–Kier alpha value is -2.64. The second kappa shape index (κ2) is 10.6. The Balaban J connectivity index is 1.48. The number of hydrogen-bond donors (Lipinski definition) is 1. The summed E-state index contributed by atoms with van der Waals surface area (Å²) in [5.41, 5.74) is 0.536. The maximum absolute atomic E-state index is 12.8. The summed E-state index contributed by atoms with van der Waals surface area (Å²) in [5, 5.41) is 3.79. The van der Waals surface area contributed by atoms with Gasteiger partial charge in [0.05, 0.1) is 19.2 Å². The van der Waals surface area contributed by atoms with Crippen LogP contribution in [0.2, 0.25) is 10.0 Å². The van der Waals surface area contributed by atoms with Crippen molar-refractivity contribution in [2.75, 3.05) is 33.9 Å². The van der Waals surface area contributed by atoms with Crippen LogP contribution in [-0.2, 0) is 4.79 Å². The van der Waals surface area contributed by atoms with E-state index in [0.29, 0.717) is 58.8 Å². The number of nitrogens with one attached hydrogen (secondary N) is 1. The van der Waals surface area contributed by atoms with Gasteiger partial charge in [0.2, 0.25) is 0 Å². The molecule has 0 saturated carbocycles. The van der Waals surface area contributed by atoms with E-state index in [1.807, 2.05) is 0 Å². The summed E-state index contributed by atoms with van der Waals surface area (Å²) >= 11 is 11.9. The van der Waals surface area contributed by atoms with E-state index >= 15 is 0 Å². The molecule has 1 aliphatic heterocycles. The molecule has 7 nitrogen and oxygen atoms in total. The van der Waals surface area contributed by atoms with Crippen molar-refractivity contribution in [1.29, 1.82) is 0 Å². The van der Waals surface area contributed by atoms with Crippen molar-refractivity contribution in [3.8, 4) is 17.2 Å². The van der Waals surface area contributed by atoms with E-state index in [-0.39, 0.29) is 24.5 Å². The number of benzene rings is 2. The van der Waals surface area contributed by atoms with Crippen LogP contribution in [0.25, 0.3) is 0 Å². The molecule has 1 saturated heterocycles. The molecule has 166 valence electrons. The van der Waals surface area contributed by atoms with Crippen LogP contribution in [0.4, 0.5) is 0 Å². The van der Waals surface area contributed by atoms with Crippen molar-refractivity contribution in [3.63, 3.8) is 0 Å². The standard InChI is InChI=1S/C22H24Cl2N2O5/c1-29-19-5-3-14(11-20(19)30-2)22(28)26-9-7-16(8-10-26)25-21(27)13-31-18-6-4-15(23)12-17(18)24/h3-6,11-12,16H,7-10,13H2,1-2H3,(H,25,27). The number of ether oxygens (including phenoxy) is 3. The minimum absolute atomic E-state index is 0.0220. The molecule has 0 radical (unpaired) electrons. The van der Waals surface area contributed by atoms with Crippen LogP contribution in [0, 0.1) is 0 Å². The Morgan fingerprint density at radius 2 is 1.68 bits per heavy atom. The largest absolute Gasteiger partial charge is 0.493 e. The molecule has 9 heteroatoms. The lowest BCUT2D eigenvalue weighted by Crippen LogP contribution is -2.47. The van der Waals surface area contributed by atoms with E-state index < -0.39 is 0 Å². The fraction of sp³-hybridized carbons (Fsp3) is 0.364. The number of halogens is 2. The Labute approximate surface area is 191 Å². The summed E-state index contributed by atoms with van der Waals surface area (Å²) in [7, 11) is 3.08. The minimum atomic E-state index is -0.240. The second-order valence-corrected chi connectivity index (χ2v) is 7.91. The van der Waals surface area contributed by atoms with Crippen LogP contribution in [0.3, 0.4) is 0 Å². The predicted molar refractivity (Wildman–Crippen MR) is 119 cm³/mol.